The Labute approximate surface area is 185 Å². The molecule has 2 unspecified atom stereocenters. The maximum Gasteiger partial charge on any atom is 0.306 e. The van der Waals surface area contributed by atoms with Crippen molar-refractivity contribution in [2.24, 2.45) is 5.41 Å². The van der Waals surface area contributed by atoms with Crippen LogP contribution >= 0.6 is 0 Å². The second-order valence-corrected chi connectivity index (χ2v) is 9.79. The standard InChI is InChI=1S/C21H31N5O6/c1-21(2,3)7-15(28)31-9-14-17(29)18(30)20(32-14)26-10-22-16-12(26)8-23-25-19(16)24-11-5-4-6-13(11)27/h8,10-11,13-14,17-18,20,27,29-30H,4-7,9H2,1-3H3,(H,24,25)/t11-,13-,14?,17+,18+,20?/m0/s1. The summed E-state index contributed by atoms with van der Waals surface area (Å²) >= 11 is 0. The van der Waals surface area contributed by atoms with Crippen molar-refractivity contribution in [3.63, 3.8) is 0 Å². The van der Waals surface area contributed by atoms with Crippen LogP contribution in [-0.4, -0.2) is 78.1 Å². The number of carbonyl (C=O) groups excluding carboxylic acids is 1. The van der Waals surface area contributed by atoms with Gasteiger partial charge in [-0.05, 0) is 24.7 Å². The summed E-state index contributed by atoms with van der Waals surface area (Å²) in [5.74, 6) is 0.0484. The minimum Gasteiger partial charge on any atom is -0.463 e. The summed E-state index contributed by atoms with van der Waals surface area (Å²) in [4.78, 5) is 16.4. The average Bonchev–Trinajstić information content (AvgIpc) is 3.39. The summed E-state index contributed by atoms with van der Waals surface area (Å²) in [6.45, 7) is 5.62. The number of esters is 1. The second kappa shape index (κ2) is 8.89. The first-order chi connectivity index (χ1) is 15.1. The Morgan fingerprint density at radius 2 is 2.06 bits per heavy atom. The van der Waals surface area contributed by atoms with Gasteiger partial charge in [0.15, 0.2) is 12.0 Å². The van der Waals surface area contributed by atoms with Crippen molar-refractivity contribution in [1.82, 2.24) is 19.7 Å². The van der Waals surface area contributed by atoms with Crippen LogP contribution in [0, 0.1) is 5.41 Å². The molecule has 2 aromatic rings. The van der Waals surface area contributed by atoms with Gasteiger partial charge < -0.3 is 30.1 Å². The first-order valence-electron chi connectivity index (χ1n) is 10.9. The highest BCUT2D eigenvalue weighted by Gasteiger charge is 2.45. The Hall–Kier alpha value is -2.34. The molecule has 1 saturated heterocycles. The molecule has 1 aliphatic heterocycles. The van der Waals surface area contributed by atoms with Crippen molar-refractivity contribution in [3.05, 3.63) is 12.5 Å². The first kappa shape index (κ1) is 22.8. The van der Waals surface area contributed by atoms with Gasteiger partial charge in [0.2, 0.25) is 0 Å². The van der Waals surface area contributed by atoms with Crippen molar-refractivity contribution in [2.75, 3.05) is 11.9 Å². The third kappa shape index (κ3) is 4.70. The van der Waals surface area contributed by atoms with E-state index in [9.17, 15) is 20.1 Å². The minimum absolute atomic E-state index is 0.123. The number of rotatable bonds is 6. The third-order valence-electron chi connectivity index (χ3n) is 5.89. The van der Waals surface area contributed by atoms with Crippen LogP contribution in [0.1, 0.15) is 52.7 Å². The number of hydrogen-bond acceptors (Lipinski definition) is 10. The highest BCUT2D eigenvalue weighted by atomic mass is 16.6. The van der Waals surface area contributed by atoms with E-state index >= 15 is 0 Å². The highest BCUT2D eigenvalue weighted by Crippen LogP contribution is 2.33. The molecule has 4 N–H and O–H groups in total. The van der Waals surface area contributed by atoms with E-state index in [-0.39, 0.29) is 30.5 Å². The molecule has 176 valence electrons. The fourth-order valence-electron chi connectivity index (χ4n) is 4.21. The van der Waals surface area contributed by atoms with E-state index in [0.717, 1.165) is 19.3 Å². The summed E-state index contributed by atoms with van der Waals surface area (Å²) in [5, 5.41) is 42.5. The number of aliphatic hydroxyl groups is 3. The van der Waals surface area contributed by atoms with E-state index < -0.39 is 30.6 Å². The summed E-state index contributed by atoms with van der Waals surface area (Å²) in [6, 6.07) is -0.123. The van der Waals surface area contributed by atoms with Crippen LogP contribution in [0.25, 0.3) is 11.0 Å². The first-order valence-corrected chi connectivity index (χ1v) is 10.9. The van der Waals surface area contributed by atoms with Gasteiger partial charge in [-0.15, -0.1) is 5.10 Å². The predicted molar refractivity (Wildman–Crippen MR) is 114 cm³/mol. The number of ether oxygens (including phenoxy) is 2. The van der Waals surface area contributed by atoms with Crippen LogP contribution in [0.2, 0.25) is 0 Å². The van der Waals surface area contributed by atoms with E-state index in [1.54, 1.807) is 4.57 Å². The van der Waals surface area contributed by atoms with E-state index in [2.05, 4.69) is 20.5 Å². The zero-order valence-electron chi connectivity index (χ0n) is 18.5. The molecule has 6 atom stereocenters. The Kier molecular flexibility index (Phi) is 6.35. The lowest BCUT2D eigenvalue weighted by molar-refractivity contribution is -0.152. The van der Waals surface area contributed by atoms with Crippen molar-refractivity contribution in [2.45, 2.75) is 83.1 Å². The lowest BCUT2D eigenvalue weighted by Crippen LogP contribution is -2.34. The number of aromatic nitrogens is 4. The van der Waals surface area contributed by atoms with Crippen LogP contribution in [0.3, 0.4) is 0 Å². The zero-order valence-corrected chi connectivity index (χ0v) is 18.5. The number of fused-ring (bicyclic) bond motifs is 1. The summed E-state index contributed by atoms with van der Waals surface area (Å²) in [6.07, 6.45) is 0.955. The fourth-order valence-corrected chi connectivity index (χ4v) is 4.21. The number of nitrogens with one attached hydrogen (secondary N) is 1. The molecule has 0 radical (unpaired) electrons. The lowest BCUT2D eigenvalue weighted by Gasteiger charge is -2.19. The molecule has 2 aliphatic rings. The van der Waals surface area contributed by atoms with Crippen molar-refractivity contribution >= 4 is 22.8 Å². The maximum absolute atomic E-state index is 12.0. The molecule has 3 heterocycles. The number of carbonyl (C=O) groups is 1. The molecule has 4 rings (SSSR count). The Morgan fingerprint density at radius 3 is 2.75 bits per heavy atom. The highest BCUT2D eigenvalue weighted by molar-refractivity contribution is 5.85. The van der Waals surface area contributed by atoms with Crippen molar-refractivity contribution < 1.29 is 29.6 Å². The third-order valence-corrected chi connectivity index (χ3v) is 5.89. The van der Waals surface area contributed by atoms with Crippen molar-refractivity contribution in [3.8, 4) is 0 Å². The molecule has 1 aliphatic carbocycles. The predicted octanol–water partition coefficient (Wildman–Crippen LogP) is 0.750. The zero-order chi connectivity index (χ0) is 23.0. The van der Waals surface area contributed by atoms with Gasteiger partial charge in [0, 0.05) is 0 Å². The van der Waals surface area contributed by atoms with Gasteiger partial charge in [-0.2, -0.15) is 5.10 Å². The Morgan fingerprint density at radius 1 is 1.28 bits per heavy atom. The Balaban J connectivity index is 1.48. The van der Waals surface area contributed by atoms with Gasteiger partial charge in [0.1, 0.15) is 30.4 Å². The van der Waals surface area contributed by atoms with E-state index in [0.29, 0.717) is 16.9 Å². The number of hydrogen-bond donors (Lipinski definition) is 4. The van der Waals surface area contributed by atoms with E-state index in [1.165, 1.54) is 12.5 Å². The number of nitrogens with zero attached hydrogens (tertiary/aromatic N) is 4. The van der Waals surface area contributed by atoms with E-state index in [4.69, 9.17) is 9.47 Å². The van der Waals surface area contributed by atoms with Gasteiger partial charge >= 0.3 is 5.97 Å². The van der Waals surface area contributed by atoms with Crippen LogP contribution in [0.4, 0.5) is 5.82 Å². The van der Waals surface area contributed by atoms with Crippen LogP contribution in [0.5, 0.6) is 0 Å². The number of imidazole rings is 1. The molecular formula is C21H31N5O6. The smallest absolute Gasteiger partial charge is 0.306 e. The van der Waals surface area contributed by atoms with Gasteiger partial charge in [0.05, 0.1) is 36.6 Å². The maximum atomic E-state index is 12.0. The largest absolute Gasteiger partial charge is 0.463 e. The second-order valence-electron chi connectivity index (χ2n) is 9.79. The Bertz CT molecular complexity index is 960. The summed E-state index contributed by atoms with van der Waals surface area (Å²) < 4.78 is 12.7. The van der Waals surface area contributed by atoms with E-state index in [1.807, 2.05) is 20.8 Å². The molecule has 11 heteroatoms. The number of anilines is 1. The summed E-state index contributed by atoms with van der Waals surface area (Å²) in [5.41, 5.74) is 0.853. The molecule has 2 aromatic heterocycles. The summed E-state index contributed by atoms with van der Waals surface area (Å²) in [7, 11) is 0. The fraction of sp³-hybridized carbons (Fsp3) is 0.714. The molecule has 0 amide bonds. The van der Waals surface area contributed by atoms with Crippen molar-refractivity contribution in [1.29, 1.82) is 0 Å². The molecule has 1 saturated carbocycles. The molecular weight excluding hydrogens is 418 g/mol. The van der Waals surface area contributed by atoms with Crippen LogP contribution < -0.4 is 5.32 Å². The monoisotopic (exact) mass is 449 g/mol. The normalized spacial score (nSPS) is 30.7. The van der Waals surface area contributed by atoms with Crippen LogP contribution in [-0.2, 0) is 14.3 Å². The number of aliphatic hydroxyl groups excluding tert-OH is 3. The molecule has 2 fully saturated rings. The van der Waals surface area contributed by atoms with Gasteiger partial charge in [0.25, 0.3) is 0 Å². The lowest BCUT2D eigenvalue weighted by atomic mass is 9.92. The van der Waals surface area contributed by atoms with Gasteiger partial charge in [-0.1, -0.05) is 20.8 Å². The topological polar surface area (TPSA) is 152 Å². The molecule has 32 heavy (non-hydrogen) atoms. The molecule has 0 aromatic carbocycles. The quantitative estimate of drug-likeness (QED) is 0.465. The average molecular weight is 450 g/mol. The molecule has 0 spiro atoms. The molecule has 0 bridgehead atoms. The van der Waals surface area contributed by atoms with Crippen LogP contribution in [0.15, 0.2) is 12.5 Å². The SMILES string of the molecule is CC(C)(C)CC(=O)OCC1OC(n2cnc3c(N[C@H]4CCC[C@@H]4O)nncc32)[C@H](O)[C@@H]1O. The minimum atomic E-state index is -1.25. The van der Waals surface area contributed by atoms with Gasteiger partial charge in [-0.3, -0.25) is 9.36 Å². The van der Waals surface area contributed by atoms with Gasteiger partial charge in [-0.25, -0.2) is 4.98 Å². The molecule has 11 nitrogen and oxygen atoms in total.